The second-order valence-corrected chi connectivity index (χ2v) is 1.81. The molecule has 3 nitrogen and oxygen atoms in total. The minimum Gasteiger partial charge on any atom is -0.401 e. The summed E-state index contributed by atoms with van der Waals surface area (Å²) in [6.45, 7) is 7.56. The van der Waals surface area contributed by atoms with E-state index in [1.165, 1.54) is 0 Å². The number of hydrogen-bond donors (Lipinski definition) is 2. The minimum absolute atomic E-state index is 0.343. The second kappa shape index (κ2) is 3.97. The van der Waals surface area contributed by atoms with Gasteiger partial charge < -0.3 is 16.2 Å². The van der Waals surface area contributed by atoms with Gasteiger partial charge in [0.1, 0.15) is 0 Å². The van der Waals surface area contributed by atoms with Crippen LogP contribution >= 0.6 is 0 Å². The maximum Gasteiger partial charge on any atom is 0.0859 e. The molecule has 52 valence electrons. The summed E-state index contributed by atoms with van der Waals surface area (Å²) < 4.78 is 4.91. The molecule has 0 saturated carbocycles. The van der Waals surface area contributed by atoms with Crippen LogP contribution < -0.4 is 11.5 Å². The Morgan fingerprint density at radius 1 is 1.11 bits per heavy atom. The topological polar surface area (TPSA) is 61.3 Å². The van der Waals surface area contributed by atoms with Crippen molar-refractivity contribution in [2.75, 3.05) is 13.2 Å². The number of rotatable bonds is 4. The van der Waals surface area contributed by atoms with E-state index in [0.717, 1.165) is 0 Å². The van der Waals surface area contributed by atoms with Crippen LogP contribution in [0.5, 0.6) is 0 Å². The molecule has 0 radical (unpaired) electrons. The molecule has 0 atom stereocenters. The van der Waals surface area contributed by atoms with Gasteiger partial charge in [0.05, 0.1) is 13.2 Å². The summed E-state index contributed by atoms with van der Waals surface area (Å²) in [5.41, 5.74) is 11.4. The summed E-state index contributed by atoms with van der Waals surface area (Å²) in [7, 11) is 0. The van der Waals surface area contributed by atoms with Gasteiger partial charge >= 0.3 is 0 Å². The molecule has 0 rings (SSSR count). The van der Waals surface area contributed by atoms with Crippen LogP contribution in [0.3, 0.4) is 0 Å². The largest absolute Gasteiger partial charge is 0.401 e. The summed E-state index contributed by atoms with van der Waals surface area (Å²) in [5.74, 6) is 0. The average molecular weight is 128 g/mol. The van der Waals surface area contributed by atoms with Crippen molar-refractivity contribution < 1.29 is 4.74 Å². The Labute approximate surface area is 55.0 Å². The molecule has 0 bridgehead atoms. The first-order chi connectivity index (χ1) is 4.13. The summed E-state index contributed by atoms with van der Waals surface area (Å²) >= 11 is 0. The van der Waals surface area contributed by atoms with Gasteiger partial charge in [-0.05, 0) is 0 Å². The molecule has 0 aromatic rings. The van der Waals surface area contributed by atoms with E-state index in [1.54, 1.807) is 0 Å². The van der Waals surface area contributed by atoms with Crippen LogP contribution in [0.25, 0.3) is 0 Å². The average Bonchev–Trinajstić information content (AvgIpc) is 1.63. The van der Waals surface area contributed by atoms with Crippen LogP contribution in [0.2, 0.25) is 0 Å². The molecule has 0 aliphatic heterocycles. The first-order valence-corrected chi connectivity index (χ1v) is 2.57. The zero-order valence-corrected chi connectivity index (χ0v) is 5.39. The van der Waals surface area contributed by atoms with Gasteiger partial charge in [0.2, 0.25) is 0 Å². The van der Waals surface area contributed by atoms with Crippen molar-refractivity contribution in [3.63, 3.8) is 0 Å². The van der Waals surface area contributed by atoms with Gasteiger partial charge in [-0.1, -0.05) is 13.2 Å². The monoisotopic (exact) mass is 128 g/mol. The molecule has 0 spiro atoms. The van der Waals surface area contributed by atoms with E-state index in [-0.39, 0.29) is 0 Å². The quantitative estimate of drug-likeness (QED) is 0.558. The number of nitrogens with two attached hydrogens (primary N) is 2. The van der Waals surface area contributed by atoms with Crippen molar-refractivity contribution in [1.29, 1.82) is 0 Å². The smallest absolute Gasteiger partial charge is 0.0859 e. The predicted molar refractivity (Wildman–Crippen MR) is 37.5 cm³/mol. The minimum atomic E-state index is 0.343. The third kappa shape index (κ3) is 7.04. The Hall–Kier alpha value is -0.960. The molecule has 0 heterocycles. The lowest BCUT2D eigenvalue weighted by molar-refractivity contribution is 0.179. The van der Waals surface area contributed by atoms with Gasteiger partial charge in [0.15, 0.2) is 0 Å². The first kappa shape index (κ1) is 8.04. The van der Waals surface area contributed by atoms with Crippen LogP contribution in [-0.4, -0.2) is 13.2 Å². The lowest BCUT2D eigenvalue weighted by Crippen LogP contribution is -2.10. The van der Waals surface area contributed by atoms with E-state index in [4.69, 9.17) is 16.2 Å². The number of ether oxygens (including phenoxy) is 1. The van der Waals surface area contributed by atoms with Gasteiger partial charge in [-0.2, -0.15) is 0 Å². The van der Waals surface area contributed by atoms with Crippen LogP contribution in [0, 0.1) is 0 Å². The normalized spacial score (nSPS) is 8.89. The van der Waals surface area contributed by atoms with Gasteiger partial charge in [0, 0.05) is 11.4 Å². The lowest BCUT2D eigenvalue weighted by Gasteiger charge is -2.00. The van der Waals surface area contributed by atoms with Gasteiger partial charge in [0.25, 0.3) is 0 Å². The number of hydrogen-bond acceptors (Lipinski definition) is 3. The molecular formula is C6H12N2O. The maximum atomic E-state index is 5.19. The molecule has 4 N–H and O–H groups in total. The van der Waals surface area contributed by atoms with Gasteiger partial charge in [-0.15, -0.1) is 0 Å². The molecule has 9 heavy (non-hydrogen) atoms. The highest BCUT2D eigenvalue weighted by Gasteiger charge is 1.87. The van der Waals surface area contributed by atoms with Crippen molar-refractivity contribution >= 4 is 0 Å². The van der Waals surface area contributed by atoms with Crippen molar-refractivity contribution in [2.45, 2.75) is 0 Å². The third-order valence-corrected chi connectivity index (χ3v) is 0.575. The van der Waals surface area contributed by atoms with E-state index in [1.807, 2.05) is 0 Å². The third-order valence-electron chi connectivity index (χ3n) is 0.575. The maximum absolute atomic E-state index is 5.19. The summed E-state index contributed by atoms with van der Waals surface area (Å²) in [5, 5.41) is 0. The van der Waals surface area contributed by atoms with Crippen molar-refractivity contribution in [1.82, 2.24) is 0 Å². The van der Waals surface area contributed by atoms with E-state index in [0.29, 0.717) is 24.6 Å². The lowest BCUT2D eigenvalue weighted by atomic mass is 10.5. The van der Waals surface area contributed by atoms with Crippen LogP contribution in [0.1, 0.15) is 0 Å². The summed E-state index contributed by atoms with van der Waals surface area (Å²) in [6, 6.07) is 0. The highest BCUT2D eigenvalue weighted by molar-refractivity contribution is 4.89. The fraction of sp³-hybridized carbons (Fsp3) is 0.333. The van der Waals surface area contributed by atoms with Crippen molar-refractivity contribution in [2.24, 2.45) is 11.5 Å². The molecule has 0 saturated heterocycles. The Morgan fingerprint density at radius 2 is 1.44 bits per heavy atom. The molecule has 0 aliphatic carbocycles. The van der Waals surface area contributed by atoms with Crippen LogP contribution in [-0.2, 0) is 4.74 Å². The molecule has 0 aromatic heterocycles. The summed E-state index contributed by atoms with van der Waals surface area (Å²) in [6.07, 6.45) is 0. The fourth-order valence-electron chi connectivity index (χ4n) is 0.313. The van der Waals surface area contributed by atoms with Gasteiger partial charge in [-0.3, -0.25) is 0 Å². The molecule has 0 unspecified atom stereocenters. The molecule has 0 fully saturated rings. The van der Waals surface area contributed by atoms with E-state index in [9.17, 15) is 0 Å². The molecule has 0 aromatic carbocycles. The fourth-order valence-corrected chi connectivity index (χ4v) is 0.313. The Kier molecular flexibility index (Phi) is 3.55. The molecule has 3 heteroatoms. The highest BCUT2D eigenvalue weighted by Crippen LogP contribution is 1.83. The summed E-state index contributed by atoms with van der Waals surface area (Å²) in [4.78, 5) is 0. The van der Waals surface area contributed by atoms with Crippen LogP contribution in [0.15, 0.2) is 24.6 Å². The second-order valence-electron chi connectivity index (χ2n) is 1.81. The van der Waals surface area contributed by atoms with Crippen molar-refractivity contribution in [3.8, 4) is 0 Å². The highest BCUT2D eigenvalue weighted by atomic mass is 16.5. The molecule has 0 aliphatic rings. The van der Waals surface area contributed by atoms with E-state index < -0.39 is 0 Å². The standard InChI is InChI=1S/C6H12N2O/c1-5(7)3-9-4-6(2)8/h1-4,7-8H2. The van der Waals surface area contributed by atoms with E-state index in [2.05, 4.69) is 13.2 Å². The zero-order valence-electron chi connectivity index (χ0n) is 5.39. The molecule has 0 amide bonds. The Balaban J connectivity index is 3.10. The molecular weight excluding hydrogens is 116 g/mol. The zero-order chi connectivity index (χ0) is 7.28. The van der Waals surface area contributed by atoms with Crippen molar-refractivity contribution in [3.05, 3.63) is 24.6 Å². The first-order valence-electron chi connectivity index (χ1n) is 2.57. The van der Waals surface area contributed by atoms with E-state index >= 15 is 0 Å². The SMILES string of the molecule is C=C(N)COCC(=C)N. The Morgan fingerprint density at radius 3 is 1.67 bits per heavy atom. The Bertz CT molecular complexity index is 106. The van der Waals surface area contributed by atoms with Gasteiger partial charge in [-0.25, -0.2) is 0 Å². The van der Waals surface area contributed by atoms with Crippen LogP contribution in [0.4, 0.5) is 0 Å². The predicted octanol–water partition coefficient (Wildman–Crippen LogP) is -0.0522.